The van der Waals surface area contributed by atoms with Crippen molar-refractivity contribution in [2.45, 2.75) is 67.7 Å². The second kappa shape index (κ2) is 21.3. The summed E-state index contributed by atoms with van der Waals surface area (Å²) >= 11 is 1.21. The molecule has 64 heavy (non-hydrogen) atoms. The van der Waals surface area contributed by atoms with Crippen LogP contribution in [0.25, 0.3) is 0 Å². The van der Waals surface area contributed by atoms with E-state index in [2.05, 4.69) is 10.3 Å². The van der Waals surface area contributed by atoms with Gasteiger partial charge in [0, 0.05) is 36.7 Å². The zero-order valence-electron chi connectivity index (χ0n) is 35.6. The maximum absolute atomic E-state index is 13.2. The lowest BCUT2D eigenvalue weighted by molar-refractivity contribution is -0.0493. The van der Waals surface area contributed by atoms with E-state index in [1.54, 1.807) is 67.8 Å². The van der Waals surface area contributed by atoms with E-state index < -0.39 is 33.2 Å². The number of aromatic nitrogens is 1. The number of anilines is 1. The summed E-state index contributed by atoms with van der Waals surface area (Å²) in [5, 5.41) is 14.1. The quantitative estimate of drug-likeness (QED) is 0.0740. The third kappa shape index (κ3) is 14.0. The molecule has 2 atom stereocenters. The van der Waals surface area contributed by atoms with Crippen LogP contribution < -0.4 is 14.8 Å². The monoisotopic (exact) mass is 956 g/mol. The second-order valence-electron chi connectivity index (χ2n) is 14.9. The minimum Gasteiger partial charge on any atom is -0.478 e. The van der Waals surface area contributed by atoms with E-state index in [9.17, 15) is 36.1 Å². The SMILES string of the molecule is CCOP(=O)(Cc1csc(NC(=O)c2cc(CC3CCO3)cc(Oc3ccc(S(C)(=O)=O)cc3)c2)n1)OCC.CS(=O)(=O)c1ccc(Oc2cc(CC3CCO3)cc(C(=O)O)c2)cc1. The molecule has 5 aromatic rings. The molecule has 342 valence electrons. The van der Waals surface area contributed by atoms with Crippen LogP contribution in [-0.4, -0.2) is 89.9 Å². The smallest absolute Gasteiger partial charge is 0.336 e. The number of carboxylic acid groups (broad SMARTS) is 1. The van der Waals surface area contributed by atoms with Gasteiger partial charge in [0.05, 0.1) is 52.6 Å². The molecule has 2 N–H and O–H groups in total. The minimum absolute atomic E-state index is 0.00797. The summed E-state index contributed by atoms with van der Waals surface area (Å²) in [6.07, 6.45) is 5.63. The number of ether oxygens (including phenoxy) is 4. The van der Waals surface area contributed by atoms with Gasteiger partial charge in [-0.1, -0.05) is 0 Å². The lowest BCUT2D eigenvalue weighted by Gasteiger charge is -2.26. The molecule has 16 nitrogen and oxygen atoms in total. The number of amides is 1. The molecule has 0 radical (unpaired) electrons. The zero-order chi connectivity index (χ0) is 46.1. The second-order valence-corrected chi connectivity index (χ2v) is 21.8. The Balaban J connectivity index is 0.000000234. The molecule has 7 rings (SSSR count). The van der Waals surface area contributed by atoms with E-state index in [4.69, 9.17) is 28.0 Å². The van der Waals surface area contributed by atoms with Gasteiger partial charge in [0.15, 0.2) is 24.8 Å². The summed E-state index contributed by atoms with van der Waals surface area (Å²) in [5.41, 5.74) is 2.69. The average molecular weight is 957 g/mol. The number of rotatable bonds is 19. The van der Waals surface area contributed by atoms with Gasteiger partial charge in [0.25, 0.3) is 5.91 Å². The number of carbonyl (C=O) groups excluding carboxylic acids is 1. The third-order valence-corrected chi connectivity index (χ3v) is 14.8. The Labute approximate surface area is 376 Å². The van der Waals surface area contributed by atoms with Crippen molar-refractivity contribution in [3.63, 3.8) is 0 Å². The largest absolute Gasteiger partial charge is 0.478 e. The molecule has 4 aromatic carbocycles. The molecule has 2 fully saturated rings. The van der Waals surface area contributed by atoms with E-state index in [1.165, 1.54) is 41.7 Å². The number of aromatic carboxylic acids is 1. The maximum Gasteiger partial charge on any atom is 0.336 e. The maximum atomic E-state index is 13.2. The zero-order valence-corrected chi connectivity index (χ0v) is 38.9. The third-order valence-electron chi connectivity index (χ3n) is 9.71. The van der Waals surface area contributed by atoms with Crippen LogP contribution in [0.3, 0.4) is 0 Å². The summed E-state index contributed by atoms with van der Waals surface area (Å²) in [6.45, 7) is 5.43. The van der Waals surface area contributed by atoms with Crippen LogP contribution in [0.15, 0.2) is 100 Å². The molecule has 0 saturated carbocycles. The Kier molecular flexibility index (Phi) is 16.2. The molecule has 20 heteroatoms. The lowest BCUT2D eigenvalue weighted by Crippen LogP contribution is -2.28. The molecule has 0 aliphatic carbocycles. The first-order valence-corrected chi connectivity index (χ1v) is 26.6. The normalized spacial score (nSPS) is 16.1. The van der Waals surface area contributed by atoms with Crippen molar-refractivity contribution in [3.8, 4) is 23.0 Å². The highest BCUT2D eigenvalue weighted by Crippen LogP contribution is 2.51. The number of sulfone groups is 2. The lowest BCUT2D eigenvalue weighted by atomic mass is 10.0. The summed E-state index contributed by atoms with van der Waals surface area (Å²) in [7, 11) is -9.92. The molecule has 2 saturated heterocycles. The molecule has 2 aliphatic rings. The molecular formula is C44H49N2O14PS3. The van der Waals surface area contributed by atoms with Crippen molar-refractivity contribution in [3.05, 3.63) is 118 Å². The van der Waals surface area contributed by atoms with Crippen molar-refractivity contribution in [2.75, 3.05) is 44.3 Å². The number of nitrogens with one attached hydrogen (secondary N) is 1. The highest BCUT2D eigenvalue weighted by Gasteiger charge is 2.26. The summed E-state index contributed by atoms with van der Waals surface area (Å²) < 4.78 is 92.6. The van der Waals surface area contributed by atoms with Gasteiger partial charge in [0.2, 0.25) is 0 Å². The van der Waals surface area contributed by atoms with Crippen LogP contribution in [0.4, 0.5) is 5.13 Å². The molecule has 0 bridgehead atoms. The van der Waals surface area contributed by atoms with E-state index in [0.29, 0.717) is 58.8 Å². The fourth-order valence-corrected chi connectivity index (χ4v) is 10.1. The van der Waals surface area contributed by atoms with Gasteiger partial charge in [-0.15, -0.1) is 11.3 Å². The van der Waals surface area contributed by atoms with Gasteiger partial charge in [-0.05, 0) is 136 Å². The molecule has 1 amide bonds. The summed E-state index contributed by atoms with van der Waals surface area (Å²) in [5.74, 6) is 0.264. The Morgan fingerprint density at radius 2 is 1.19 bits per heavy atom. The molecule has 0 spiro atoms. The van der Waals surface area contributed by atoms with Gasteiger partial charge in [-0.25, -0.2) is 26.6 Å². The predicted octanol–water partition coefficient (Wildman–Crippen LogP) is 8.60. The predicted molar refractivity (Wildman–Crippen MR) is 240 cm³/mol. The number of hydrogen-bond donors (Lipinski definition) is 2. The molecule has 1 aromatic heterocycles. The van der Waals surface area contributed by atoms with E-state index in [-0.39, 0.29) is 52.8 Å². The van der Waals surface area contributed by atoms with Crippen LogP contribution in [-0.2, 0) is 61.8 Å². The van der Waals surface area contributed by atoms with E-state index in [0.717, 1.165) is 43.1 Å². The van der Waals surface area contributed by atoms with Crippen LogP contribution in [0.5, 0.6) is 23.0 Å². The summed E-state index contributed by atoms with van der Waals surface area (Å²) in [6, 6.07) is 22.1. The number of thiazole rings is 1. The van der Waals surface area contributed by atoms with Crippen LogP contribution in [0.1, 0.15) is 64.2 Å². The highest BCUT2D eigenvalue weighted by atomic mass is 32.2. The first-order chi connectivity index (χ1) is 30.4. The van der Waals surface area contributed by atoms with Crippen molar-refractivity contribution in [1.29, 1.82) is 0 Å². The van der Waals surface area contributed by atoms with Gasteiger partial charge in [-0.2, -0.15) is 0 Å². The first-order valence-electron chi connectivity index (χ1n) is 20.2. The number of carboxylic acids is 1. The molecule has 2 unspecified atom stereocenters. The Morgan fingerprint density at radius 3 is 1.59 bits per heavy atom. The minimum atomic E-state index is -3.33. The summed E-state index contributed by atoms with van der Waals surface area (Å²) in [4.78, 5) is 29.3. The van der Waals surface area contributed by atoms with Gasteiger partial charge in [0.1, 0.15) is 23.0 Å². The van der Waals surface area contributed by atoms with Gasteiger partial charge < -0.3 is 33.1 Å². The fourth-order valence-electron chi connectivity index (χ4n) is 6.45. The molecule has 2 aliphatic heterocycles. The number of carbonyl (C=O) groups is 2. The Morgan fingerprint density at radius 1 is 0.734 bits per heavy atom. The number of hydrogen-bond acceptors (Lipinski definition) is 15. The van der Waals surface area contributed by atoms with Crippen molar-refractivity contribution in [1.82, 2.24) is 4.98 Å². The Hall–Kier alpha value is -4.98. The van der Waals surface area contributed by atoms with E-state index >= 15 is 0 Å². The van der Waals surface area contributed by atoms with E-state index in [1.807, 2.05) is 6.07 Å². The first kappa shape index (κ1) is 48.5. The number of nitrogens with zero attached hydrogens (tertiary/aromatic N) is 1. The van der Waals surface area contributed by atoms with Gasteiger partial charge in [-0.3, -0.25) is 14.7 Å². The van der Waals surface area contributed by atoms with Crippen molar-refractivity contribution >= 4 is 55.6 Å². The number of benzene rings is 4. The van der Waals surface area contributed by atoms with Crippen molar-refractivity contribution in [2.24, 2.45) is 0 Å². The van der Waals surface area contributed by atoms with Crippen LogP contribution >= 0.6 is 18.9 Å². The van der Waals surface area contributed by atoms with Crippen molar-refractivity contribution < 1.29 is 64.1 Å². The Bertz CT molecular complexity index is 2690. The molecular weight excluding hydrogens is 908 g/mol. The van der Waals surface area contributed by atoms with Gasteiger partial charge >= 0.3 is 13.6 Å². The van der Waals surface area contributed by atoms with Crippen LogP contribution in [0.2, 0.25) is 0 Å². The average Bonchev–Trinajstić information content (AvgIpc) is 3.63. The highest BCUT2D eigenvalue weighted by molar-refractivity contribution is 7.91. The van der Waals surface area contributed by atoms with Crippen LogP contribution in [0, 0.1) is 0 Å². The topological polar surface area (TPSA) is 220 Å². The standard InChI is InChI=1S/C26H31N2O8PS2.C18H18O6S/c1-4-34-37(30,35-5-2)16-20-17-38-26(27-20)28-25(29)19-12-18(13-22-10-11-33-22)14-23(15-19)36-21-6-8-24(9-7-21)39(3,31)32;1-25(21,22)17-4-2-14(3-5-17)24-16-10-12(9-15-6-7-23-15)8-13(11-16)18(19)20/h6-9,12,14-15,17,22H,4-5,10-11,13,16H2,1-3H3,(H,27,28,29);2-5,8,10-11,15H,6-7,9H2,1H3,(H,19,20). The molecule has 3 heterocycles. The fraction of sp³-hybridized carbons (Fsp3) is 0.341.